The van der Waals surface area contributed by atoms with Crippen LogP contribution in [0.3, 0.4) is 0 Å². The van der Waals surface area contributed by atoms with E-state index in [2.05, 4.69) is 5.43 Å². The lowest BCUT2D eigenvalue weighted by Gasteiger charge is -2.11. The van der Waals surface area contributed by atoms with Crippen molar-refractivity contribution in [2.75, 3.05) is 6.61 Å². The van der Waals surface area contributed by atoms with Crippen LogP contribution in [-0.2, 0) is 19.6 Å². The summed E-state index contributed by atoms with van der Waals surface area (Å²) in [5, 5.41) is 0. The van der Waals surface area contributed by atoms with Crippen molar-refractivity contribution in [1.29, 1.82) is 0 Å². The molecule has 1 aromatic carbocycles. The van der Waals surface area contributed by atoms with E-state index in [0.29, 0.717) is 13.0 Å². The fourth-order valence-electron chi connectivity index (χ4n) is 1.68. The van der Waals surface area contributed by atoms with Gasteiger partial charge in [0.1, 0.15) is 11.9 Å². The molecule has 1 fully saturated rings. The maximum atomic E-state index is 12.9. The summed E-state index contributed by atoms with van der Waals surface area (Å²) >= 11 is 0. The van der Waals surface area contributed by atoms with Gasteiger partial charge in [0.05, 0.1) is 4.90 Å². The molecule has 2 N–H and O–H groups in total. The number of sulfonamides is 1. The van der Waals surface area contributed by atoms with Gasteiger partial charge in [0.15, 0.2) is 0 Å². The zero-order chi connectivity index (χ0) is 13.9. The predicted molar refractivity (Wildman–Crippen MR) is 63.8 cm³/mol. The van der Waals surface area contributed by atoms with Crippen molar-refractivity contribution < 1.29 is 22.3 Å². The normalized spacial score (nSPS) is 19.3. The van der Waals surface area contributed by atoms with Crippen molar-refractivity contribution in [3.8, 4) is 0 Å². The van der Waals surface area contributed by atoms with Crippen LogP contribution in [0, 0.1) is 5.82 Å². The fourth-order valence-corrected chi connectivity index (χ4v) is 2.55. The van der Waals surface area contributed by atoms with E-state index in [9.17, 15) is 17.6 Å². The Hall–Kier alpha value is -1.51. The summed E-state index contributed by atoms with van der Waals surface area (Å²) in [7, 11) is -3.98. The van der Waals surface area contributed by atoms with Crippen LogP contribution in [0.5, 0.6) is 0 Å². The second-order valence-electron chi connectivity index (χ2n) is 4.05. The molecule has 0 aliphatic carbocycles. The van der Waals surface area contributed by atoms with E-state index in [4.69, 9.17) is 4.74 Å². The van der Waals surface area contributed by atoms with Gasteiger partial charge in [0.2, 0.25) is 0 Å². The van der Waals surface area contributed by atoms with Gasteiger partial charge in [-0.05, 0) is 31.0 Å². The number of amides is 1. The van der Waals surface area contributed by atoms with Crippen LogP contribution in [0.1, 0.15) is 12.8 Å². The third-order valence-corrected chi connectivity index (χ3v) is 3.88. The number of ether oxygens (including phenoxy) is 1. The second kappa shape index (κ2) is 5.64. The molecule has 0 aromatic heterocycles. The van der Waals surface area contributed by atoms with E-state index in [1.807, 2.05) is 4.83 Å². The quantitative estimate of drug-likeness (QED) is 0.781. The largest absolute Gasteiger partial charge is 0.368 e. The Bertz CT molecular complexity index is 570. The Morgan fingerprint density at radius 3 is 2.84 bits per heavy atom. The number of benzene rings is 1. The minimum Gasteiger partial charge on any atom is -0.368 e. The Balaban J connectivity index is 1.99. The van der Waals surface area contributed by atoms with Crippen LogP contribution in [-0.4, -0.2) is 27.0 Å². The lowest BCUT2D eigenvalue weighted by atomic mass is 10.2. The number of halogens is 1. The molecule has 0 saturated carbocycles. The topological polar surface area (TPSA) is 84.5 Å². The molecular formula is C11H13FN2O4S. The molecule has 104 valence electrons. The highest BCUT2D eigenvalue weighted by Gasteiger charge is 2.25. The maximum Gasteiger partial charge on any atom is 0.264 e. The van der Waals surface area contributed by atoms with Crippen LogP contribution in [0.15, 0.2) is 29.2 Å². The smallest absolute Gasteiger partial charge is 0.264 e. The summed E-state index contributed by atoms with van der Waals surface area (Å²) in [5.41, 5.74) is 2.06. The molecule has 1 atom stereocenters. The summed E-state index contributed by atoms with van der Waals surface area (Å²) < 4.78 is 41.6. The Morgan fingerprint density at radius 1 is 1.42 bits per heavy atom. The number of hydrogen-bond donors (Lipinski definition) is 2. The number of hydrazine groups is 1. The van der Waals surface area contributed by atoms with Gasteiger partial charge >= 0.3 is 0 Å². The summed E-state index contributed by atoms with van der Waals surface area (Å²) in [6, 6.07) is 4.49. The third-order valence-electron chi connectivity index (χ3n) is 2.64. The number of hydrogen-bond acceptors (Lipinski definition) is 4. The standard InChI is InChI=1S/C11H13FN2O4S/c12-8-3-1-4-9(7-8)19(16,17)14-13-11(15)10-5-2-6-18-10/h1,3-4,7,10,14H,2,5-6H2,(H,13,15). The van der Waals surface area contributed by atoms with Crippen molar-refractivity contribution in [2.24, 2.45) is 0 Å². The molecule has 8 heteroatoms. The van der Waals surface area contributed by atoms with E-state index in [0.717, 1.165) is 18.6 Å². The van der Waals surface area contributed by atoms with Gasteiger partial charge in [0.25, 0.3) is 15.9 Å². The van der Waals surface area contributed by atoms with Crippen LogP contribution in [0.4, 0.5) is 4.39 Å². The highest BCUT2D eigenvalue weighted by Crippen LogP contribution is 2.12. The van der Waals surface area contributed by atoms with Gasteiger partial charge in [-0.2, -0.15) is 0 Å². The number of carbonyl (C=O) groups is 1. The van der Waals surface area contributed by atoms with E-state index < -0.39 is 27.9 Å². The Kier molecular flexibility index (Phi) is 4.13. The molecule has 1 aliphatic rings. The molecule has 0 spiro atoms. The first-order valence-corrected chi connectivity index (χ1v) is 7.16. The highest BCUT2D eigenvalue weighted by molar-refractivity contribution is 7.89. The van der Waals surface area contributed by atoms with Crippen LogP contribution in [0.25, 0.3) is 0 Å². The first-order valence-electron chi connectivity index (χ1n) is 5.68. The monoisotopic (exact) mass is 288 g/mol. The molecule has 1 saturated heterocycles. The molecule has 0 radical (unpaired) electrons. The summed E-state index contributed by atoms with van der Waals surface area (Å²) in [4.78, 5) is 13.2. The third kappa shape index (κ3) is 3.49. The van der Waals surface area contributed by atoms with Crippen LogP contribution in [0.2, 0.25) is 0 Å². The highest BCUT2D eigenvalue weighted by atomic mass is 32.2. The van der Waals surface area contributed by atoms with Gasteiger partial charge in [0, 0.05) is 6.61 Å². The minimum absolute atomic E-state index is 0.264. The van der Waals surface area contributed by atoms with Crippen molar-refractivity contribution in [3.63, 3.8) is 0 Å². The Labute approximate surface area is 110 Å². The van der Waals surface area contributed by atoms with E-state index >= 15 is 0 Å². The van der Waals surface area contributed by atoms with Crippen molar-refractivity contribution in [1.82, 2.24) is 10.3 Å². The molecule has 1 heterocycles. The zero-order valence-electron chi connectivity index (χ0n) is 9.93. The van der Waals surface area contributed by atoms with Gasteiger partial charge in [-0.3, -0.25) is 10.2 Å². The summed E-state index contributed by atoms with van der Waals surface area (Å²) in [5.74, 6) is -1.23. The summed E-state index contributed by atoms with van der Waals surface area (Å²) in [6.07, 6.45) is 0.664. The maximum absolute atomic E-state index is 12.9. The number of carbonyl (C=O) groups excluding carboxylic acids is 1. The zero-order valence-corrected chi connectivity index (χ0v) is 10.7. The summed E-state index contributed by atoms with van der Waals surface area (Å²) in [6.45, 7) is 0.481. The lowest BCUT2D eigenvalue weighted by Crippen LogP contribution is -2.46. The van der Waals surface area contributed by atoms with Gasteiger partial charge < -0.3 is 4.74 Å². The fraction of sp³-hybridized carbons (Fsp3) is 0.364. The van der Waals surface area contributed by atoms with Gasteiger partial charge in [-0.25, -0.2) is 12.8 Å². The van der Waals surface area contributed by atoms with E-state index in [1.165, 1.54) is 12.1 Å². The van der Waals surface area contributed by atoms with Crippen LogP contribution >= 0.6 is 0 Å². The van der Waals surface area contributed by atoms with Crippen molar-refractivity contribution >= 4 is 15.9 Å². The van der Waals surface area contributed by atoms with E-state index in [1.54, 1.807) is 0 Å². The SMILES string of the molecule is O=C(NNS(=O)(=O)c1cccc(F)c1)C1CCCO1. The first-order chi connectivity index (χ1) is 8.99. The molecule has 1 aliphatic heterocycles. The van der Waals surface area contributed by atoms with Crippen LogP contribution < -0.4 is 10.3 Å². The Morgan fingerprint density at radius 2 is 2.21 bits per heavy atom. The molecule has 2 rings (SSSR count). The van der Waals surface area contributed by atoms with Gasteiger partial charge in [-0.1, -0.05) is 6.07 Å². The van der Waals surface area contributed by atoms with E-state index in [-0.39, 0.29) is 4.90 Å². The van der Waals surface area contributed by atoms with Crippen molar-refractivity contribution in [2.45, 2.75) is 23.8 Å². The number of rotatable bonds is 4. The van der Waals surface area contributed by atoms with Gasteiger partial charge in [-0.15, -0.1) is 4.83 Å². The molecule has 19 heavy (non-hydrogen) atoms. The average Bonchev–Trinajstić information content (AvgIpc) is 2.90. The molecular weight excluding hydrogens is 275 g/mol. The average molecular weight is 288 g/mol. The molecule has 1 amide bonds. The molecule has 6 nitrogen and oxygen atoms in total. The minimum atomic E-state index is -3.98. The number of nitrogens with one attached hydrogen (secondary N) is 2. The lowest BCUT2D eigenvalue weighted by molar-refractivity contribution is -0.130. The molecule has 1 aromatic rings. The molecule has 1 unspecified atom stereocenters. The van der Waals surface area contributed by atoms with Crippen molar-refractivity contribution in [3.05, 3.63) is 30.1 Å². The second-order valence-corrected chi connectivity index (χ2v) is 5.74. The predicted octanol–water partition coefficient (Wildman–Crippen LogP) is 0.314. The first kappa shape index (κ1) is 13.9. The molecule has 0 bridgehead atoms.